The molecule has 16 heavy (non-hydrogen) atoms. The van der Waals surface area contributed by atoms with Crippen molar-refractivity contribution in [1.29, 1.82) is 0 Å². The maximum absolute atomic E-state index is 5.98. The molecular weight excluding hydrogens is 245 g/mol. The highest BCUT2D eigenvalue weighted by atomic mass is 35.5. The van der Waals surface area contributed by atoms with Crippen LogP contribution in [0.4, 0.5) is 0 Å². The van der Waals surface area contributed by atoms with E-state index in [9.17, 15) is 0 Å². The summed E-state index contributed by atoms with van der Waals surface area (Å²) >= 11 is 11.9. The zero-order chi connectivity index (χ0) is 11.5. The minimum atomic E-state index is 0.0811. The molecule has 2 unspecified atom stereocenters. The summed E-state index contributed by atoms with van der Waals surface area (Å²) in [7, 11) is 0. The quantitative estimate of drug-likeness (QED) is 0.879. The van der Waals surface area contributed by atoms with Crippen molar-refractivity contribution < 1.29 is 4.74 Å². The number of hydrogen-bond acceptors (Lipinski definition) is 2. The number of morpholine rings is 1. The zero-order valence-electron chi connectivity index (χ0n) is 9.17. The van der Waals surface area contributed by atoms with E-state index in [4.69, 9.17) is 27.9 Å². The summed E-state index contributed by atoms with van der Waals surface area (Å²) in [5, 5.41) is 4.62. The molecule has 1 fully saturated rings. The number of nitrogens with one attached hydrogen (secondary N) is 1. The molecule has 2 atom stereocenters. The van der Waals surface area contributed by atoms with E-state index in [1.807, 2.05) is 18.2 Å². The normalized spacial score (nSPS) is 25.7. The lowest BCUT2D eigenvalue weighted by atomic mass is 10.1. The molecule has 0 amide bonds. The second kappa shape index (κ2) is 5.37. The molecule has 2 nitrogen and oxygen atoms in total. The molecule has 0 radical (unpaired) electrons. The standard InChI is InChI=1S/C12H15Cl2NO/c1-2-9-7-16-12(6-15-9)8-3-4-10(13)11(14)5-8/h3-5,9,12,15H,2,6-7H2,1H3. The Balaban J connectivity index is 2.05. The van der Waals surface area contributed by atoms with Crippen LogP contribution in [-0.4, -0.2) is 19.2 Å². The molecule has 1 aromatic rings. The monoisotopic (exact) mass is 259 g/mol. The summed E-state index contributed by atoms with van der Waals surface area (Å²) in [6.45, 7) is 3.73. The third-order valence-corrected chi connectivity index (χ3v) is 3.64. The highest BCUT2D eigenvalue weighted by molar-refractivity contribution is 6.42. The van der Waals surface area contributed by atoms with Crippen molar-refractivity contribution in [2.45, 2.75) is 25.5 Å². The van der Waals surface area contributed by atoms with Gasteiger partial charge in [0.25, 0.3) is 0 Å². The largest absolute Gasteiger partial charge is 0.371 e. The Morgan fingerprint density at radius 1 is 1.38 bits per heavy atom. The first kappa shape index (κ1) is 12.2. The van der Waals surface area contributed by atoms with Gasteiger partial charge in [0.1, 0.15) is 0 Å². The van der Waals surface area contributed by atoms with Crippen LogP contribution < -0.4 is 5.32 Å². The molecule has 1 N–H and O–H groups in total. The van der Waals surface area contributed by atoms with E-state index < -0.39 is 0 Å². The van der Waals surface area contributed by atoms with Gasteiger partial charge < -0.3 is 10.1 Å². The Kier molecular flexibility index (Phi) is 4.09. The molecule has 0 bridgehead atoms. The van der Waals surface area contributed by atoms with Crippen molar-refractivity contribution in [2.24, 2.45) is 0 Å². The molecule has 0 aliphatic carbocycles. The van der Waals surface area contributed by atoms with Crippen molar-refractivity contribution >= 4 is 23.2 Å². The highest BCUT2D eigenvalue weighted by Gasteiger charge is 2.21. The Labute approximate surface area is 106 Å². The molecule has 2 rings (SSSR count). The Morgan fingerprint density at radius 3 is 2.75 bits per heavy atom. The van der Waals surface area contributed by atoms with Crippen LogP contribution in [0.3, 0.4) is 0 Å². The van der Waals surface area contributed by atoms with Crippen molar-refractivity contribution in [3.8, 4) is 0 Å². The fraction of sp³-hybridized carbons (Fsp3) is 0.500. The molecule has 4 heteroatoms. The number of hydrogen-bond donors (Lipinski definition) is 1. The fourth-order valence-electron chi connectivity index (χ4n) is 1.81. The predicted molar refractivity (Wildman–Crippen MR) is 67.2 cm³/mol. The summed E-state index contributed by atoms with van der Waals surface area (Å²) in [5.41, 5.74) is 1.08. The van der Waals surface area contributed by atoms with E-state index in [1.54, 1.807) is 0 Å². The van der Waals surface area contributed by atoms with Crippen LogP contribution in [0.15, 0.2) is 18.2 Å². The first-order valence-corrected chi connectivity index (χ1v) is 6.26. The molecule has 1 heterocycles. The molecular formula is C12H15Cl2NO. The summed E-state index contributed by atoms with van der Waals surface area (Å²) in [4.78, 5) is 0. The minimum Gasteiger partial charge on any atom is -0.371 e. The van der Waals surface area contributed by atoms with Gasteiger partial charge in [-0.25, -0.2) is 0 Å². The van der Waals surface area contributed by atoms with Gasteiger partial charge >= 0.3 is 0 Å². The van der Waals surface area contributed by atoms with Crippen LogP contribution >= 0.6 is 23.2 Å². The molecule has 1 aliphatic heterocycles. The maximum atomic E-state index is 5.98. The first-order chi connectivity index (χ1) is 7.70. The first-order valence-electron chi connectivity index (χ1n) is 5.50. The average Bonchev–Trinajstić information content (AvgIpc) is 2.33. The van der Waals surface area contributed by atoms with Gasteiger partial charge in [0, 0.05) is 12.6 Å². The van der Waals surface area contributed by atoms with Gasteiger partial charge in [-0.1, -0.05) is 36.2 Å². The number of ether oxygens (including phenoxy) is 1. The Hall–Kier alpha value is -0.280. The van der Waals surface area contributed by atoms with Crippen molar-refractivity contribution in [3.63, 3.8) is 0 Å². The SMILES string of the molecule is CCC1COC(c2ccc(Cl)c(Cl)c2)CN1. The third kappa shape index (κ3) is 2.69. The van der Waals surface area contributed by atoms with Crippen LogP contribution in [0, 0.1) is 0 Å². The van der Waals surface area contributed by atoms with Crippen molar-refractivity contribution in [3.05, 3.63) is 33.8 Å². The third-order valence-electron chi connectivity index (χ3n) is 2.90. The maximum Gasteiger partial charge on any atom is 0.0950 e. The topological polar surface area (TPSA) is 21.3 Å². The number of halogens is 2. The second-order valence-corrected chi connectivity index (χ2v) is 4.82. The van der Waals surface area contributed by atoms with Crippen molar-refractivity contribution in [2.75, 3.05) is 13.2 Å². The molecule has 88 valence electrons. The van der Waals surface area contributed by atoms with E-state index in [1.165, 1.54) is 0 Å². The molecule has 1 saturated heterocycles. The van der Waals surface area contributed by atoms with E-state index >= 15 is 0 Å². The lowest BCUT2D eigenvalue weighted by Gasteiger charge is -2.30. The molecule has 0 aromatic heterocycles. The summed E-state index contributed by atoms with van der Waals surface area (Å²) in [6, 6.07) is 6.13. The molecule has 1 aliphatic rings. The predicted octanol–water partition coefficient (Wildman–Crippen LogP) is 3.43. The number of rotatable bonds is 2. The fourth-order valence-corrected chi connectivity index (χ4v) is 2.12. The second-order valence-electron chi connectivity index (χ2n) is 4.01. The Morgan fingerprint density at radius 2 is 2.19 bits per heavy atom. The van der Waals surface area contributed by atoms with Crippen LogP contribution in [0.5, 0.6) is 0 Å². The van der Waals surface area contributed by atoms with E-state index in [0.717, 1.165) is 25.1 Å². The molecule has 0 spiro atoms. The van der Waals surface area contributed by atoms with Gasteiger partial charge in [-0.05, 0) is 24.1 Å². The van der Waals surface area contributed by atoms with Crippen LogP contribution in [-0.2, 0) is 4.74 Å². The average molecular weight is 260 g/mol. The van der Waals surface area contributed by atoms with Gasteiger partial charge in [0.2, 0.25) is 0 Å². The van der Waals surface area contributed by atoms with Crippen LogP contribution in [0.25, 0.3) is 0 Å². The highest BCUT2D eigenvalue weighted by Crippen LogP contribution is 2.28. The van der Waals surface area contributed by atoms with Gasteiger partial charge in [-0.2, -0.15) is 0 Å². The van der Waals surface area contributed by atoms with Gasteiger partial charge in [-0.15, -0.1) is 0 Å². The number of benzene rings is 1. The molecule has 1 aromatic carbocycles. The van der Waals surface area contributed by atoms with Crippen molar-refractivity contribution in [1.82, 2.24) is 5.32 Å². The smallest absolute Gasteiger partial charge is 0.0950 e. The van der Waals surface area contributed by atoms with E-state index in [-0.39, 0.29) is 6.10 Å². The minimum absolute atomic E-state index is 0.0811. The van der Waals surface area contributed by atoms with Gasteiger partial charge in [0.05, 0.1) is 22.8 Å². The van der Waals surface area contributed by atoms with Gasteiger partial charge in [0.15, 0.2) is 0 Å². The van der Waals surface area contributed by atoms with Crippen LogP contribution in [0.2, 0.25) is 10.0 Å². The van der Waals surface area contributed by atoms with Crippen LogP contribution in [0.1, 0.15) is 25.0 Å². The lowest BCUT2D eigenvalue weighted by molar-refractivity contribution is 0.00224. The summed E-state index contributed by atoms with van der Waals surface area (Å²) in [5.74, 6) is 0. The molecule has 0 saturated carbocycles. The van der Waals surface area contributed by atoms with E-state index in [0.29, 0.717) is 16.1 Å². The Bertz CT molecular complexity index is 362. The van der Waals surface area contributed by atoms with E-state index in [2.05, 4.69) is 12.2 Å². The summed E-state index contributed by atoms with van der Waals surface area (Å²) < 4.78 is 5.80. The lowest BCUT2D eigenvalue weighted by Crippen LogP contribution is -2.42. The van der Waals surface area contributed by atoms with Gasteiger partial charge in [-0.3, -0.25) is 0 Å². The summed E-state index contributed by atoms with van der Waals surface area (Å²) in [6.07, 6.45) is 1.17. The zero-order valence-corrected chi connectivity index (χ0v) is 10.7.